The van der Waals surface area contributed by atoms with Gasteiger partial charge in [-0.2, -0.15) is 0 Å². The van der Waals surface area contributed by atoms with Crippen LogP contribution in [0.15, 0.2) is 36.7 Å². The summed E-state index contributed by atoms with van der Waals surface area (Å²) >= 11 is 5.68. The highest BCUT2D eigenvalue weighted by molar-refractivity contribution is 6.29. The van der Waals surface area contributed by atoms with E-state index in [4.69, 9.17) is 16.3 Å². The standard InChI is InChI=1S/C13H12ClN3O2/c1-2-19-10-5-3-9(4-6-10)16-13(18)11-7-15-8-12(14)17-11/h3-8H,2H2,1H3,(H,16,18). The maximum Gasteiger partial charge on any atom is 0.275 e. The summed E-state index contributed by atoms with van der Waals surface area (Å²) in [5.41, 5.74) is 0.816. The van der Waals surface area contributed by atoms with Crippen LogP contribution in [-0.4, -0.2) is 22.5 Å². The van der Waals surface area contributed by atoms with Crippen molar-refractivity contribution in [2.24, 2.45) is 0 Å². The number of rotatable bonds is 4. The van der Waals surface area contributed by atoms with E-state index in [-0.39, 0.29) is 16.8 Å². The second kappa shape index (κ2) is 6.15. The maximum atomic E-state index is 11.9. The zero-order valence-corrected chi connectivity index (χ0v) is 11.0. The van der Waals surface area contributed by atoms with Crippen molar-refractivity contribution in [2.45, 2.75) is 6.92 Å². The van der Waals surface area contributed by atoms with Crippen molar-refractivity contribution in [1.29, 1.82) is 0 Å². The fraction of sp³-hybridized carbons (Fsp3) is 0.154. The highest BCUT2D eigenvalue weighted by Crippen LogP contribution is 2.16. The molecule has 1 heterocycles. The van der Waals surface area contributed by atoms with Crippen LogP contribution in [0.1, 0.15) is 17.4 Å². The number of nitrogens with zero attached hydrogens (tertiary/aromatic N) is 2. The summed E-state index contributed by atoms with van der Waals surface area (Å²) in [6, 6.07) is 7.06. The van der Waals surface area contributed by atoms with Crippen LogP contribution in [0.5, 0.6) is 5.75 Å². The molecule has 2 rings (SSSR count). The number of ether oxygens (including phenoxy) is 1. The minimum atomic E-state index is -0.362. The molecule has 0 atom stereocenters. The van der Waals surface area contributed by atoms with Crippen LogP contribution in [0.3, 0.4) is 0 Å². The van der Waals surface area contributed by atoms with Crippen molar-refractivity contribution in [3.8, 4) is 5.75 Å². The summed E-state index contributed by atoms with van der Waals surface area (Å²) in [4.78, 5) is 19.6. The van der Waals surface area contributed by atoms with E-state index in [0.717, 1.165) is 5.75 Å². The molecule has 0 aliphatic rings. The molecule has 5 nitrogen and oxygen atoms in total. The third kappa shape index (κ3) is 3.66. The third-order valence-electron chi connectivity index (χ3n) is 2.26. The average Bonchev–Trinajstić information content (AvgIpc) is 2.41. The average molecular weight is 278 g/mol. The molecule has 1 N–H and O–H groups in total. The van der Waals surface area contributed by atoms with E-state index in [2.05, 4.69) is 15.3 Å². The van der Waals surface area contributed by atoms with E-state index < -0.39 is 0 Å². The van der Waals surface area contributed by atoms with Crippen LogP contribution in [-0.2, 0) is 0 Å². The largest absolute Gasteiger partial charge is 0.494 e. The maximum absolute atomic E-state index is 11.9. The van der Waals surface area contributed by atoms with Gasteiger partial charge in [-0.3, -0.25) is 9.78 Å². The van der Waals surface area contributed by atoms with E-state index in [1.807, 2.05) is 6.92 Å². The van der Waals surface area contributed by atoms with Gasteiger partial charge in [0, 0.05) is 5.69 Å². The van der Waals surface area contributed by atoms with Crippen LogP contribution in [0.2, 0.25) is 5.15 Å². The van der Waals surface area contributed by atoms with Crippen LogP contribution < -0.4 is 10.1 Å². The smallest absolute Gasteiger partial charge is 0.275 e. The fourth-order valence-electron chi connectivity index (χ4n) is 1.45. The molecule has 0 saturated heterocycles. The molecule has 1 aromatic heterocycles. The van der Waals surface area contributed by atoms with Crippen LogP contribution >= 0.6 is 11.6 Å². The summed E-state index contributed by atoms with van der Waals surface area (Å²) in [7, 11) is 0. The van der Waals surface area contributed by atoms with Gasteiger partial charge in [0.15, 0.2) is 0 Å². The predicted octanol–water partition coefficient (Wildman–Crippen LogP) is 2.78. The van der Waals surface area contributed by atoms with Gasteiger partial charge in [0.2, 0.25) is 0 Å². The molecule has 1 amide bonds. The van der Waals surface area contributed by atoms with E-state index in [1.54, 1.807) is 24.3 Å². The number of hydrogen-bond donors (Lipinski definition) is 1. The first kappa shape index (κ1) is 13.3. The minimum absolute atomic E-state index is 0.168. The fourth-order valence-corrected chi connectivity index (χ4v) is 1.60. The van der Waals surface area contributed by atoms with E-state index >= 15 is 0 Å². The quantitative estimate of drug-likeness (QED) is 0.933. The van der Waals surface area contributed by atoms with Crippen LogP contribution in [0, 0.1) is 0 Å². The number of benzene rings is 1. The molecule has 0 unspecified atom stereocenters. The molecule has 98 valence electrons. The van der Waals surface area contributed by atoms with Gasteiger partial charge in [-0.15, -0.1) is 0 Å². The summed E-state index contributed by atoms with van der Waals surface area (Å²) < 4.78 is 5.31. The Morgan fingerprint density at radius 2 is 2.05 bits per heavy atom. The number of halogens is 1. The Kier molecular flexibility index (Phi) is 4.30. The molecule has 0 saturated carbocycles. The first-order valence-corrected chi connectivity index (χ1v) is 6.08. The first-order chi connectivity index (χ1) is 9.19. The van der Waals surface area contributed by atoms with Crippen molar-refractivity contribution in [3.63, 3.8) is 0 Å². The minimum Gasteiger partial charge on any atom is -0.494 e. The van der Waals surface area contributed by atoms with Gasteiger partial charge in [0.1, 0.15) is 16.6 Å². The van der Waals surface area contributed by atoms with Gasteiger partial charge in [0.05, 0.1) is 19.0 Å². The molecule has 1 aromatic carbocycles. The first-order valence-electron chi connectivity index (χ1n) is 5.71. The van der Waals surface area contributed by atoms with Gasteiger partial charge < -0.3 is 10.1 Å². The third-order valence-corrected chi connectivity index (χ3v) is 2.44. The lowest BCUT2D eigenvalue weighted by Gasteiger charge is -2.06. The van der Waals surface area contributed by atoms with Gasteiger partial charge in [-0.25, -0.2) is 4.98 Å². The Morgan fingerprint density at radius 1 is 1.32 bits per heavy atom. The zero-order valence-electron chi connectivity index (χ0n) is 10.3. The summed E-state index contributed by atoms with van der Waals surface area (Å²) in [5, 5.41) is 2.88. The van der Waals surface area contributed by atoms with Gasteiger partial charge in [-0.1, -0.05) is 11.6 Å². The summed E-state index contributed by atoms with van der Waals surface area (Å²) in [5.74, 6) is 0.391. The second-order valence-electron chi connectivity index (χ2n) is 3.64. The Hall–Kier alpha value is -2.14. The molecule has 19 heavy (non-hydrogen) atoms. The molecule has 0 aliphatic heterocycles. The normalized spacial score (nSPS) is 10.0. The van der Waals surface area contributed by atoms with Crippen molar-refractivity contribution in [2.75, 3.05) is 11.9 Å². The highest BCUT2D eigenvalue weighted by atomic mass is 35.5. The molecule has 2 aromatic rings. The van der Waals surface area contributed by atoms with Crippen molar-refractivity contribution >= 4 is 23.2 Å². The molecule has 0 radical (unpaired) electrons. The van der Waals surface area contributed by atoms with Crippen molar-refractivity contribution in [1.82, 2.24) is 9.97 Å². The number of amides is 1. The number of anilines is 1. The number of aromatic nitrogens is 2. The van der Waals surface area contributed by atoms with Gasteiger partial charge >= 0.3 is 0 Å². The Labute approximate surface area is 115 Å². The number of carbonyl (C=O) groups is 1. The molecular formula is C13H12ClN3O2. The topological polar surface area (TPSA) is 64.1 Å². The van der Waals surface area contributed by atoms with E-state index in [9.17, 15) is 4.79 Å². The van der Waals surface area contributed by atoms with Gasteiger partial charge in [0.25, 0.3) is 5.91 Å². The molecule has 0 fully saturated rings. The van der Waals surface area contributed by atoms with Crippen molar-refractivity contribution < 1.29 is 9.53 Å². The lowest BCUT2D eigenvalue weighted by atomic mass is 10.3. The molecule has 0 aliphatic carbocycles. The molecule has 6 heteroatoms. The van der Waals surface area contributed by atoms with E-state index in [1.165, 1.54) is 12.4 Å². The summed E-state index contributed by atoms with van der Waals surface area (Å²) in [6.07, 6.45) is 2.73. The van der Waals surface area contributed by atoms with Crippen LogP contribution in [0.4, 0.5) is 5.69 Å². The lowest BCUT2D eigenvalue weighted by molar-refractivity contribution is 0.102. The number of nitrogens with one attached hydrogen (secondary N) is 1. The highest BCUT2D eigenvalue weighted by Gasteiger charge is 2.08. The van der Waals surface area contributed by atoms with Gasteiger partial charge in [-0.05, 0) is 31.2 Å². The molecule has 0 spiro atoms. The van der Waals surface area contributed by atoms with Crippen molar-refractivity contribution in [3.05, 3.63) is 47.5 Å². The predicted molar refractivity (Wildman–Crippen MR) is 72.6 cm³/mol. The SMILES string of the molecule is CCOc1ccc(NC(=O)c2cncc(Cl)n2)cc1. The Balaban J connectivity index is 2.06. The molecule has 0 bridgehead atoms. The molecular weight excluding hydrogens is 266 g/mol. The summed E-state index contributed by atoms with van der Waals surface area (Å²) in [6.45, 7) is 2.51. The zero-order chi connectivity index (χ0) is 13.7. The lowest BCUT2D eigenvalue weighted by Crippen LogP contribution is -2.14. The van der Waals surface area contributed by atoms with Crippen LogP contribution in [0.25, 0.3) is 0 Å². The van der Waals surface area contributed by atoms with E-state index in [0.29, 0.717) is 12.3 Å². The Bertz CT molecular complexity index is 572. The monoisotopic (exact) mass is 277 g/mol. The Morgan fingerprint density at radius 3 is 2.68 bits per heavy atom. The number of carbonyl (C=O) groups excluding carboxylic acids is 1. The number of hydrogen-bond acceptors (Lipinski definition) is 4. The second-order valence-corrected chi connectivity index (χ2v) is 4.03.